The summed E-state index contributed by atoms with van der Waals surface area (Å²) in [7, 11) is 0. The number of hydrogen-bond acceptors (Lipinski definition) is 4. The van der Waals surface area contributed by atoms with Gasteiger partial charge in [-0.2, -0.15) is 0 Å². The Morgan fingerprint density at radius 3 is 1.21 bits per heavy atom. The minimum atomic E-state index is -0.174. The summed E-state index contributed by atoms with van der Waals surface area (Å²) < 4.78 is 14.2. The fraction of sp³-hybridized carbons (Fsp3) is 0.163. The predicted molar refractivity (Wildman–Crippen MR) is 389 cm³/mol. The fourth-order valence-corrected chi connectivity index (χ4v) is 14.4. The molecule has 0 saturated carbocycles. The summed E-state index contributed by atoms with van der Waals surface area (Å²) in [6, 6.07) is 95.3. The number of nitrogens with zero attached hydrogens (tertiary/aromatic N) is 1. The Labute approximate surface area is 544 Å². The maximum atomic E-state index is 6.82. The van der Waals surface area contributed by atoms with Crippen LogP contribution in [0.4, 0.5) is 28.4 Å². The highest BCUT2D eigenvalue weighted by atomic mass is 79.9. The lowest BCUT2D eigenvalue weighted by molar-refractivity contribution is 0.590. The summed E-state index contributed by atoms with van der Waals surface area (Å²) in [6.45, 7) is 22.8. The van der Waals surface area contributed by atoms with Gasteiger partial charge in [0.15, 0.2) is 0 Å². The molecule has 0 saturated heterocycles. The Balaban J connectivity index is 0.000000131. The lowest BCUT2D eigenvalue weighted by Gasteiger charge is -2.30. The van der Waals surface area contributed by atoms with Gasteiger partial charge >= 0.3 is 0 Å². The number of anilines is 5. The largest absolute Gasteiger partial charge is 0.455 e. The van der Waals surface area contributed by atoms with E-state index in [4.69, 9.17) is 8.83 Å². The third-order valence-electron chi connectivity index (χ3n) is 18.8. The van der Waals surface area contributed by atoms with Gasteiger partial charge in [-0.15, -0.1) is 0 Å². The topological polar surface area (TPSA) is 41.6 Å². The predicted octanol–water partition coefficient (Wildman–Crippen LogP) is 25.4. The van der Waals surface area contributed by atoms with E-state index in [0.717, 1.165) is 66.0 Å². The zero-order valence-corrected chi connectivity index (χ0v) is 55.1. The van der Waals surface area contributed by atoms with Crippen LogP contribution in [0.15, 0.2) is 280 Å². The highest BCUT2D eigenvalue weighted by Crippen LogP contribution is 2.57. The number of fused-ring (bicyclic) bond motifs is 14. The van der Waals surface area contributed by atoms with Crippen LogP contribution in [0.1, 0.15) is 103 Å². The Morgan fingerprint density at radius 1 is 0.363 bits per heavy atom. The van der Waals surface area contributed by atoms with Crippen molar-refractivity contribution in [3.63, 3.8) is 0 Å². The molecular formula is C86H75BrN2O2. The number of nitrogens with one attached hydrogen (secondary N) is 1. The molecule has 2 aromatic heterocycles. The molecule has 14 aromatic rings. The Bertz CT molecular complexity index is 5000. The molecule has 4 nitrogen and oxygen atoms in total. The number of rotatable bonds is 7. The maximum Gasteiger partial charge on any atom is 0.145 e. The van der Waals surface area contributed by atoms with E-state index in [2.05, 4.69) is 344 Å². The van der Waals surface area contributed by atoms with Gasteiger partial charge in [-0.05, 0) is 150 Å². The Kier molecular flexibility index (Phi) is 14.9. The molecule has 0 atom stereocenters. The van der Waals surface area contributed by atoms with Crippen LogP contribution in [0.3, 0.4) is 0 Å². The molecule has 0 radical (unpaired) electrons. The molecular weight excluding hydrogens is 1170 g/mol. The van der Waals surface area contributed by atoms with Gasteiger partial charge in [-0.3, -0.25) is 0 Å². The number of hydrogen-bond donors (Lipinski definition) is 1. The van der Waals surface area contributed by atoms with Gasteiger partial charge in [-0.1, -0.05) is 279 Å². The van der Waals surface area contributed by atoms with Crippen LogP contribution >= 0.6 is 15.9 Å². The first-order valence-corrected chi connectivity index (χ1v) is 32.5. The van der Waals surface area contributed by atoms with E-state index >= 15 is 0 Å². The van der Waals surface area contributed by atoms with Crippen molar-refractivity contribution in [2.75, 3.05) is 10.2 Å². The first kappa shape index (κ1) is 59.0. The average molecular weight is 1250 g/mol. The lowest BCUT2D eigenvalue weighted by Crippen LogP contribution is -2.17. The third kappa shape index (κ3) is 10.7. The van der Waals surface area contributed by atoms with Crippen LogP contribution in [0.2, 0.25) is 0 Å². The van der Waals surface area contributed by atoms with E-state index < -0.39 is 0 Å². The fourth-order valence-electron chi connectivity index (χ4n) is 13.8. The smallest absolute Gasteiger partial charge is 0.145 e. The molecule has 91 heavy (non-hydrogen) atoms. The number of halogens is 1. The molecule has 12 aromatic carbocycles. The van der Waals surface area contributed by atoms with Gasteiger partial charge in [0.1, 0.15) is 22.3 Å². The third-order valence-corrected chi connectivity index (χ3v) is 19.4. The van der Waals surface area contributed by atoms with Crippen molar-refractivity contribution in [1.82, 2.24) is 0 Å². The molecule has 2 heterocycles. The Morgan fingerprint density at radius 2 is 0.725 bits per heavy atom. The summed E-state index contributed by atoms with van der Waals surface area (Å²) in [5, 5.41) is 8.07. The Hall–Kier alpha value is -9.68. The molecule has 5 heteroatoms. The average Bonchev–Trinajstić information content (AvgIpc) is 1.56. The summed E-state index contributed by atoms with van der Waals surface area (Å²) in [5.74, 6) is 0. The van der Waals surface area contributed by atoms with Crippen LogP contribution in [0, 0.1) is 0 Å². The van der Waals surface area contributed by atoms with Gasteiger partial charge in [0, 0.05) is 65.3 Å². The van der Waals surface area contributed by atoms with E-state index in [1.165, 1.54) is 88.7 Å². The van der Waals surface area contributed by atoms with Gasteiger partial charge in [0.25, 0.3) is 0 Å². The monoisotopic (exact) mass is 1250 g/mol. The summed E-state index contributed by atoms with van der Waals surface area (Å²) in [4.78, 5) is 2.42. The van der Waals surface area contributed by atoms with Crippen LogP contribution < -0.4 is 10.2 Å². The van der Waals surface area contributed by atoms with Crippen LogP contribution in [-0.2, 0) is 21.7 Å². The van der Waals surface area contributed by atoms with E-state index in [0.29, 0.717) is 0 Å². The van der Waals surface area contributed by atoms with E-state index in [-0.39, 0.29) is 21.7 Å². The number of para-hydroxylation sites is 2. The van der Waals surface area contributed by atoms with Gasteiger partial charge in [0.05, 0.1) is 11.1 Å². The maximum absolute atomic E-state index is 6.82. The summed E-state index contributed by atoms with van der Waals surface area (Å²) in [5.41, 5.74) is 27.4. The highest BCUT2D eigenvalue weighted by molar-refractivity contribution is 9.10. The zero-order chi connectivity index (χ0) is 63.0. The second-order valence-corrected chi connectivity index (χ2v) is 28.3. The second-order valence-electron chi connectivity index (χ2n) is 27.5. The van der Waals surface area contributed by atoms with E-state index in [1.54, 1.807) is 0 Å². The van der Waals surface area contributed by atoms with E-state index in [1.807, 2.05) is 18.2 Å². The number of furan rings is 2. The van der Waals surface area contributed by atoms with Gasteiger partial charge < -0.3 is 19.1 Å². The van der Waals surface area contributed by atoms with Gasteiger partial charge in [0.2, 0.25) is 0 Å². The second kappa shape index (κ2) is 23.0. The highest BCUT2D eigenvalue weighted by Gasteiger charge is 2.40. The van der Waals surface area contributed by atoms with Crippen molar-refractivity contribution >= 4 is 88.2 Å². The molecule has 0 spiro atoms. The lowest BCUT2D eigenvalue weighted by atomic mass is 9.82. The molecule has 448 valence electrons. The molecule has 1 N–H and O–H groups in total. The van der Waals surface area contributed by atoms with E-state index in [9.17, 15) is 0 Å². The van der Waals surface area contributed by atoms with Gasteiger partial charge in [-0.25, -0.2) is 0 Å². The first-order chi connectivity index (χ1) is 43.8. The standard InChI is InChI=1S/C43H37NO.C22H23N.C21H15BrO/c1-42(2,3)30-21-25-32(26-22-30)44(31-23-19-29(20-24-31)28-13-7-6-8-14-28)37-27-36-39(33-15-9-11-17-35(33)43(36,4)5)41-40(37)34-16-10-12-18-38(34)45-41;1-22(2,3)19-11-15-21(16-12-19)23-20-13-9-18(10-14-20)17-7-5-4-6-8-17;1-21(2)14-9-5-3-7-12(14)18-15(21)11-16(22)19-13-8-4-6-10-17(13)23-20(18)19/h6-27H,1-5H3;4-16,23H,1-3H3;3-11H,1-2H3. The van der Waals surface area contributed by atoms with Crippen LogP contribution in [0.25, 0.3) is 88.4 Å². The summed E-state index contributed by atoms with van der Waals surface area (Å²) in [6.07, 6.45) is 0. The minimum Gasteiger partial charge on any atom is -0.455 e. The van der Waals surface area contributed by atoms with Crippen molar-refractivity contribution < 1.29 is 8.83 Å². The minimum absolute atomic E-state index is 0.0123. The van der Waals surface area contributed by atoms with Crippen LogP contribution in [-0.4, -0.2) is 0 Å². The van der Waals surface area contributed by atoms with Crippen molar-refractivity contribution in [2.45, 2.75) is 90.9 Å². The first-order valence-electron chi connectivity index (χ1n) is 31.7. The molecule has 0 aliphatic heterocycles. The molecule has 2 aliphatic rings. The van der Waals surface area contributed by atoms with Crippen LogP contribution in [0.5, 0.6) is 0 Å². The quantitative estimate of drug-likeness (QED) is 0.173. The summed E-state index contributed by atoms with van der Waals surface area (Å²) >= 11 is 3.79. The molecule has 0 unspecified atom stereocenters. The number of benzene rings is 12. The molecule has 0 bridgehead atoms. The van der Waals surface area contributed by atoms with Crippen molar-refractivity contribution in [3.05, 3.63) is 305 Å². The normalized spacial score (nSPS) is 13.4. The molecule has 0 fully saturated rings. The SMILES string of the molecule is CC(C)(C)c1ccc(N(c2ccc(-c3ccccc3)cc2)c2cc3c(c4oc5ccccc5c24)-c2ccccc2C3(C)C)cc1.CC(C)(C)c1ccc(Nc2ccc(-c3ccccc3)cc2)cc1.CC1(C)c2ccccc2-c2c1cc(Br)c1c2oc2ccccc21. The zero-order valence-electron chi connectivity index (χ0n) is 53.5. The van der Waals surface area contributed by atoms with Crippen molar-refractivity contribution in [2.24, 2.45) is 0 Å². The molecule has 0 amide bonds. The van der Waals surface area contributed by atoms with Crippen molar-refractivity contribution in [1.29, 1.82) is 0 Å². The van der Waals surface area contributed by atoms with Crippen molar-refractivity contribution in [3.8, 4) is 44.5 Å². The molecule has 16 rings (SSSR count). The molecule has 2 aliphatic carbocycles.